The molecular weight excluding hydrogens is 305 g/mol. The zero-order valence-corrected chi connectivity index (χ0v) is 12.9. The van der Waals surface area contributed by atoms with E-state index >= 15 is 0 Å². The van der Waals surface area contributed by atoms with Crippen molar-refractivity contribution in [3.63, 3.8) is 0 Å². The molecule has 2 N–H and O–H groups in total. The highest BCUT2D eigenvalue weighted by atomic mass is 19.1. The van der Waals surface area contributed by atoms with Crippen molar-refractivity contribution in [2.75, 3.05) is 5.32 Å². The molecule has 3 aromatic rings. The van der Waals surface area contributed by atoms with E-state index in [0.29, 0.717) is 16.9 Å². The van der Waals surface area contributed by atoms with Crippen molar-refractivity contribution in [2.24, 2.45) is 0 Å². The summed E-state index contributed by atoms with van der Waals surface area (Å²) in [6.07, 6.45) is 0.782. The van der Waals surface area contributed by atoms with Crippen molar-refractivity contribution in [1.82, 2.24) is 0 Å². The van der Waals surface area contributed by atoms with Gasteiger partial charge in [-0.1, -0.05) is 30.3 Å². The summed E-state index contributed by atoms with van der Waals surface area (Å²) in [5.41, 5.74) is 4.64. The lowest BCUT2D eigenvalue weighted by Crippen LogP contribution is -1.96. The van der Waals surface area contributed by atoms with E-state index in [0.717, 1.165) is 23.0 Å². The predicted molar refractivity (Wildman–Crippen MR) is 92.9 cm³/mol. The zero-order chi connectivity index (χ0) is 16.9. The maximum absolute atomic E-state index is 13.0. The van der Waals surface area contributed by atoms with E-state index in [2.05, 4.69) is 5.32 Å². The first-order chi connectivity index (χ1) is 11.7. The maximum atomic E-state index is 13.0. The Morgan fingerprint density at radius 1 is 0.917 bits per heavy atom. The number of nitrogens with one attached hydrogen (secondary N) is 1. The van der Waals surface area contributed by atoms with Crippen molar-refractivity contribution >= 4 is 17.7 Å². The standard InChI is InChI=1S/C20H16FNO2/c21-18-7-9-19(10-8-18)22-20-11-16(5-6-17(20)13-24)15-3-1-14(12-23)2-4-15/h1-11,13,22-23H,12H2. The Labute approximate surface area is 139 Å². The van der Waals surface area contributed by atoms with Crippen molar-refractivity contribution in [2.45, 2.75) is 6.61 Å². The molecule has 0 aliphatic rings. The number of hydrogen-bond acceptors (Lipinski definition) is 3. The van der Waals surface area contributed by atoms with E-state index < -0.39 is 0 Å². The first-order valence-corrected chi connectivity index (χ1v) is 7.51. The van der Waals surface area contributed by atoms with E-state index in [1.165, 1.54) is 12.1 Å². The molecule has 0 heterocycles. The fourth-order valence-corrected chi connectivity index (χ4v) is 2.44. The van der Waals surface area contributed by atoms with Crippen molar-refractivity contribution in [1.29, 1.82) is 0 Å². The number of benzene rings is 3. The van der Waals surface area contributed by atoms with Gasteiger partial charge in [0.05, 0.1) is 6.61 Å². The summed E-state index contributed by atoms with van der Waals surface area (Å²) < 4.78 is 13.0. The van der Waals surface area contributed by atoms with Crippen LogP contribution in [0.3, 0.4) is 0 Å². The molecule has 0 atom stereocenters. The molecule has 0 amide bonds. The number of aliphatic hydroxyl groups is 1. The summed E-state index contributed by atoms with van der Waals surface area (Å²) in [4.78, 5) is 11.3. The smallest absolute Gasteiger partial charge is 0.152 e. The summed E-state index contributed by atoms with van der Waals surface area (Å²) in [6, 6.07) is 19.0. The maximum Gasteiger partial charge on any atom is 0.152 e. The minimum atomic E-state index is -0.311. The van der Waals surface area contributed by atoms with Gasteiger partial charge in [-0.05, 0) is 53.1 Å². The molecule has 4 heteroatoms. The molecule has 0 radical (unpaired) electrons. The summed E-state index contributed by atoms with van der Waals surface area (Å²) >= 11 is 0. The molecule has 3 nitrogen and oxygen atoms in total. The van der Waals surface area contributed by atoms with Gasteiger partial charge in [0.1, 0.15) is 5.82 Å². The topological polar surface area (TPSA) is 49.3 Å². The Balaban J connectivity index is 1.95. The molecule has 0 aliphatic carbocycles. The van der Waals surface area contributed by atoms with Crippen LogP contribution in [0.4, 0.5) is 15.8 Å². The SMILES string of the molecule is O=Cc1ccc(-c2ccc(CO)cc2)cc1Nc1ccc(F)cc1. The lowest BCUT2D eigenvalue weighted by Gasteiger charge is -2.11. The van der Waals surface area contributed by atoms with Crippen LogP contribution in [-0.4, -0.2) is 11.4 Å². The normalized spacial score (nSPS) is 10.4. The average Bonchev–Trinajstić information content (AvgIpc) is 2.63. The molecule has 0 unspecified atom stereocenters. The van der Waals surface area contributed by atoms with Crippen LogP contribution in [0.1, 0.15) is 15.9 Å². The van der Waals surface area contributed by atoms with E-state index in [4.69, 9.17) is 5.11 Å². The minimum absolute atomic E-state index is 0.00172. The number of carbonyl (C=O) groups is 1. The number of rotatable bonds is 5. The van der Waals surface area contributed by atoms with Crippen molar-refractivity contribution in [3.8, 4) is 11.1 Å². The second-order valence-electron chi connectivity index (χ2n) is 5.41. The molecule has 3 aromatic carbocycles. The summed E-state index contributed by atoms with van der Waals surface area (Å²) in [7, 11) is 0. The van der Waals surface area contributed by atoms with Crippen molar-refractivity contribution in [3.05, 3.63) is 83.7 Å². The van der Waals surface area contributed by atoms with Gasteiger partial charge in [0.2, 0.25) is 0 Å². The highest BCUT2D eigenvalue weighted by molar-refractivity contribution is 5.88. The first kappa shape index (κ1) is 15.9. The van der Waals surface area contributed by atoms with E-state index in [9.17, 15) is 9.18 Å². The highest BCUT2D eigenvalue weighted by Crippen LogP contribution is 2.27. The first-order valence-electron chi connectivity index (χ1n) is 7.51. The van der Waals surface area contributed by atoms with Gasteiger partial charge in [-0.15, -0.1) is 0 Å². The van der Waals surface area contributed by atoms with Gasteiger partial charge in [-0.25, -0.2) is 4.39 Å². The molecule has 24 heavy (non-hydrogen) atoms. The molecule has 0 aliphatic heterocycles. The number of carbonyl (C=O) groups excluding carboxylic acids is 1. The van der Waals surface area contributed by atoms with Crippen molar-refractivity contribution < 1.29 is 14.3 Å². The monoisotopic (exact) mass is 321 g/mol. The third-order valence-electron chi connectivity index (χ3n) is 3.77. The largest absolute Gasteiger partial charge is 0.392 e. The van der Waals surface area contributed by atoms with Gasteiger partial charge in [0, 0.05) is 16.9 Å². The van der Waals surface area contributed by atoms with E-state index in [1.54, 1.807) is 18.2 Å². The molecule has 0 saturated heterocycles. The quantitative estimate of drug-likeness (QED) is 0.678. The second-order valence-corrected chi connectivity index (χ2v) is 5.41. The Morgan fingerprint density at radius 3 is 2.21 bits per heavy atom. The summed E-state index contributed by atoms with van der Waals surface area (Å²) in [5, 5.41) is 12.3. The summed E-state index contributed by atoms with van der Waals surface area (Å²) in [6.45, 7) is 0.00172. The third-order valence-corrected chi connectivity index (χ3v) is 3.77. The lowest BCUT2D eigenvalue weighted by molar-refractivity contribution is 0.112. The zero-order valence-electron chi connectivity index (χ0n) is 12.9. The Kier molecular flexibility index (Phi) is 4.68. The molecular formula is C20H16FNO2. The van der Waals surface area contributed by atoms with Crippen LogP contribution in [0.15, 0.2) is 66.7 Å². The molecule has 3 rings (SSSR count). The van der Waals surface area contributed by atoms with E-state index in [-0.39, 0.29) is 12.4 Å². The van der Waals surface area contributed by atoms with Crippen LogP contribution in [0.25, 0.3) is 11.1 Å². The second kappa shape index (κ2) is 7.06. The predicted octanol–water partition coefficient (Wildman–Crippen LogP) is 4.54. The number of hydrogen-bond donors (Lipinski definition) is 2. The lowest BCUT2D eigenvalue weighted by atomic mass is 10.0. The molecule has 0 spiro atoms. The number of aldehydes is 1. The van der Waals surface area contributed by atoms with Gasteiger partial charge in [0.25, 0.3) is 0 Å². The van der Waals surface area contributed by atoms with Gasteiger partial charge < -0.3 is 10.4 Å². The van der Waals surface area contributed by atoms with Gasteiger partial charge in [-0.2, -0.15) is 0 Å². The molecule has 120 valence electrons. The van der Waals surface area contributed by atoms with Gasteiger partial charge >= 0.3 is 0 Å². The van der Waals surface area contributed by atoms with Gasteiger partial charge in [0.15, 0.2) is 6.29 Å². The fraction of sp³-hybridized carbons (Fsp3) is 0.0500. The number of aliphatic hydroxyl groups excluding tert-OH is 1. The Hall–Kier alpha value is -2.98. The third kappa shape index (κ3) is 3.50. The van der Waals surface area contributed by atoms with Crippen LogP contribution >= 0.6 is 0 Å². The minimum Gasteiger partial charge on any atom is -0.392 e. The van der Waals surface area contributed by atoms with Crippen LogP contribution in [0, 0.1) is 5.82 Å². The van der Waals surface area contributed by atoms with Crippen LogP contribution in [0.5, 0.6) is 0 Å². The van der Waals surface area contributed by atoms with Crippen LogP contribution < -0.4 is 5.32 Å². The molecule has 0 aromatic heterocycles. The highest BCUT2D eigenvalue weighted by Gasteiger charge is 2.06. The van der Waals surface area contributed by atoms with E-state index in [1.807, 2.05) is 36.4 Å². The number of halogens is 1. The molecule has 0 saturated carbocycles. The molecule has 0 fully saturated rings. The average molecular weight is 321 g/mol. The molecule has 0 bridgehead atoms. The Morgan fingerprint density at radius 2 is 1.58 bits per heavy atom. The number of anilines is 2. The Bertz CT molecular complexity index is 843. The summed E-state index contributed by atoms with van der Waals surface area (Å²) in [5.74, 6) is -0.311. The van der Waals surface area contributed by atoms with Gasteiger partial charge in [-0.3, -0.25) is 4.79 Å². The fourth-order valence-electron chi connectivity index (χ4n) is 2.44. The van der Waals surface area contributed by atoms with Crippen LogP contribution in [-0.2, 0) is 6.61 Å². The van der Waals surface area contributed by atoms with Crippen LogP contribution in [0.2, 0.25) is 0 Å².